The minimum absolute atomic E-state index is 0.220. The molecule has 3 aliphatic rings. The Bertz CT molecular complexity index is 790. The van der Waals surface area contributed by atoms with Crippen LogP contribution in [0.1, 0.15) is 49.4 Å². The number of urea groups is 1. The summed E-state index contributed by atoms with van der Waals surface area (Å²) in [5.41, 5.74) is 0. The number of piperidine rings is 2. The Labute approximate surface area is 150 Å². The topological polar surface area (TPSA) is 129 Å². The second kappa shape index (κ2) is 6.44. The average Bonchev–Trinajstić information content (AvgIpc) is 3.15. The lowest BCUT2D eigenvalue weighted by Crippen LogP contribution is -2.35. The number of likely N-dealkylation sites (tertiary alicyclic amines) is 1. The summed E-state index contributed by atoms with van der Waals surface area (Å²) in [6.07, 6.45) is 2.96. The molecule has 2 unspecified atom stereocenters. The number of hydroxylamine groups is 2. The third-order valence-corrected chi connectivity index (χ3v) is 5.66. The molecule has 3 fully saturated rings. The van der Waals surface area contributed by atoms with Crippen molar-refractivity contribution in [1.82, 2.24) is 25.1 Å². The molecule has 0 spiro atoms. The predicted octanol–water partition coefficient (Wildman–Crippen LogP) is 0.554. The van der Waals surface area contributed by atoms with E-state index in [1.54, 1.807) is 0 Å². The molecule has 2 amide bonds. The largest absolute Gasteiger partial charge is 0.423 e. The Morgan fingerprint density at radius 3 is 2.54 bits per heavy atom. The molecule has 1 aromatic rings. The summed E-state index contributed by atoms with van der Waals surface area (Å²) in [4.78, 5) is 16.2. The van der Waals surface area contributed by atoms with Crippen LogP contribution in [0.2, 0.25) is 0 Å². The minimum atomic E-state index is -4.75. The third-order valence-electron chi connectivity index (χ3n) is 5.31. The Morgan fingerprint density at radius 1 is 1.15 bits per heavy atom. The Hall–Kier alpha value is -1.76. The number of nitrogens with zero attached hydrogens (tertiary/aromatic N) is 5. The van der Waals surface area contributed by atoms with Crippen molar-refractivity contribution in [3.8, 4) is 0 Å². The fourth-order valence-corrected chi connectivity index (χ4v) is 4.28. The zero-order valence-electron chi connectivity index (χ0n) is 14.3. The predicted molar refractivity (Wildman–Crippen MR) is 86.1 cm³/mol. The van der Waals surface area contributed by atoms with Crippen LogP contribution >= 0.6 is 0 Å². The van der Waals surface area contributed by atoms with Gasteiger partial charge in [-0.05, 0) is 45.8 Å². The van der Waals surface area contributed by atoms with Crippen molar-refractivity contribution in [2.24, 2.45) is 0 Å². The van der Waals surface area contributed by atoms with Crippen molar-refractivity contribution >= 4 is 16.4 Å². The lowest BCUT2D eigenvalue weighted by molar-refractivity contribution is -0.0317. The molecule has 144 valence electrons. The third kappa shape index (κ3) is 3.29. The maximum Gasteiger partial charge on any atom is 0.418 e. The van der Waals surface area contributed by atoms with Gasteiger partial charge in [0.25, 0.3) is 0 Å². The average molecular weight is 387 g/mol. The molecule has 12 heteroatoms. The fourth-order valence-electron chi connectivity index (χ4n) is 3.89. The summed E-state index contributed by atoms with van der Waals surface area (Å²) in [6.45, 7) is 2.23. The van der Waals surface area contributed by atoms with E-state index in [1.165, 1.54) is 4.90 Å². The van der Waals surface area contributed by atoms with Crippen LogP contribution < -0.4 is 0 Å². The van der Waals surface area contributed by atoms with Gasteiger partial charge < -0.3 is 14.2 Å². The molecular formula is C14H21N5O6S. The zero-order valence-corrected chi connectivity index (χ0v) is 15.1. The van der Waals surface area contributed by atoms with Crippen molar-refractivity contribution in [2.75, 3.05) is 26.7 Å². The van der Waals surface area contributed by atoms with Crippen molar-refractivity contribution in [2.45, 2.75) is 43.7 Å². The van der Waals surface area contributed by atoms with Crippen molar-refractivity contribution in [1.29, 1.82) is 0 Å². The van der Waals surface area contributed by atoms with E-state index in [-0.39, 0.29) is 12.5 Å². The van der Waals surface area contributed by atoms with E-state index in [0.717, 1.165) is 25.9 Å². The van der Waals surface area contributed by atoms with Crippen LogP contribution in [-0.4, -0.2) is 76.8 Å². The smallest absolute Gasteiger partial charge is 0.418 e. The molecule has 3 aliphatic heterocycles. The van der Waals surface area contributed by atoms with Crippen LogP contribution in [0.3, 0.4) is 0 Å². The lowest BCUT2D eigenvalue weighted by Gasteiger charge is -2.28. The monoisotopic (exact) mass is 387 g/mol. The van der Waals surface area contributed by atoms with Gasteiger partial charge in [-0.1, -0.05) is 0 Å². The van der Waals surface area contributed by atoms with E-state index in [9.17, 15) is 13.2 Å². The number of amides is 2. The first kappa shape index (κ1) is 17.6. The normalized spacial score (nSPS) is 28.2. The van der Waals surface area contributed by atoms with Gasteiger partial charge in [0.1, 0.15) is 6.04 Å². The van der Waals surface area contributed by atoms with Gasteiger partial charge in [0.15, 0.2) is 0 Å². The first-order valence-corrected chi connectivity index (χ1v) is 9.97. The first-order chi connectivity index (χ1) is 12.3. The van der Waals surface area contributed by atoms with Gasteiger partial charge in [-0.25, -0.2) is 4.79 Å². The summed E-state index contributed by atoms with van der Waals surface area (Å²) in [5, 5.41) is 9.02. The van der Waals surface area contributed by atoms with Gasteiger partial charge in [0.05, 0.1) is 6.04 Å². The van der Waals surface area contributed by atoms with E-state index < -0.39 is 28.5 Å². The van der Waals surface area contributed by atoms with Crippen LogP contribution in [-0.2, 0) is 14.7 Å². The molecule has 2 bridgehead atoms. The standard InChI is InChI=1S/C14H21N5O6S/c1-17-6-4-9(5-7-17)12-15-16-13(24-12)11-3-2-10-8-18(11)14(20)19(10)25-26(21,22)23/h9-11H,2-8H2,1H3,(H,21,22,23). The molecule has 1 N–H and O–H groups in total. The fraction of sp³-hybridized carbons (Fsp3) is 0.786. The van der Waals surface area contributed by atoms with Crippen molar-refractivity contribution in [3.63, 3.8) is 0 Å². The van der Waals surface area contributed by atoms with Crippen molar-refractivity contribution < 1.29 is 26.5 Å². The molecule has 2 atom stereocenters. The maximum atomic E-state index is 12.4. The summed E-state index contributed by atoms with van der Waals surface area (Å²) >= 11 is 0. The van der Waals surface area contributed by atoms with Gasteiger partial charge in [-0.15, -0.1) is 14.5 Å². The van der Waals surface area contributed by atoms with Gasteiger partial charge in [0, 0.05) is 12.5 Å². The van der Waals surface area contributed by atoms with Crippen LogP contribution in [0.15, 0.2) is 4.42 Å². The second-order valence-electron chi connectivity index (χ2n) is 7.07. The number of rotatable bonds is 4. The number of carbonyl (C=O) groups is 1. The van der Waals surface area contributed by atoms with Crippen molar-refractivity contribution in [3.05, 3.63) is 11.8 Å². The molecule has 26 heavy (non-hydrogen) atoms. The molecule has 4 heterocycles. The van der Waals surface area contributed by atoms with E-state index in [0.29, 0.717) is 29.7 Å². The first-order valence-electron chi connectivity index (χ1n) is 8.60. The Morgan fingerprint density at radius 2 is 1.85 bits per heavy atom. The SMILES string of the molecule is CN1CCC(c2nnc(C3CCC4CN3C(=O)N4OS(=O)(=O)O)o2)CC1. The van der Waals surface area contributed by atoms with Gasteiger partial charge in [-0.3, -0.25) is 4.55 Å². The summed E-state index contributed by atoms with van der Waals surface area (Å²) in [5.74, 6) is 1.17. The molecule has 0 aromatic carbocycles. The quantitative estimate of drug-likeness (QED) is 0.736. The highest BCUT2D eigenvalue weighted by Gasteiger charge is 2.49. The Balaban J connectivity index is 1.49. The highest BCUT2D eigenvalue weighted by molar-refractivity contribution is 7.80. The second-order valence-corrected chi connectivity index (χ2v) is 8.07. The highest BCUT2D eigenvalue weighted by atomic mass is 32.3. The van der Waals surface area contributed by atoms with Gasteiger partial charge in [-0.2, -0.15) is 13.5 Å². The molecule has 3 saturated heterocycles. The summed E-state index contributed by atoms with van der Waals surface area (Å²) in [6, 6.07) is -1.48. The maximum absolute atomic E-state index is 12.4. The summed E-state index contributed by atoms with van der Waals surface area (Å²) < 4.78 is 41.0. The number of hydrogen-bond donors (Lipinski definition) is 1. The van der Waals surface area contributed by atoms with Gasteiger partial charge in [0.2, 0.25) is 11.8 Å². The number of fused-ring (bicyclic) bond motifs is 2. The molecule has 11 nitrogen and oxygen atoms in total. The minimum Gasteiger partial charge on any atom is -0.423 e. The molecule has 0 radical (unpaired) electrons. The number of aromatic nitrogens is 2. The zero-order chi connectivity index (χ0) is 18.5. The van der Waals surface area contributed by atoms with Gasteiger partial charge >= 0.3 is 16.4 Å². The molecular weight excluding hydrogens is 366 g/mol. The Kier molecular flexibility index (Phi) is 4.37. The van der Waals surface area contributed by atoms with Crippen LogP contribution in [0.4, 0.5) is 4.79 Å². The van der Waals surface area contributed by atoms with Crippen LogP contribution in [0, 0.1) is 0 Å². The van der Waals surface area contributed by atoms with E-state index in [2.05, 4.69) is 26.4 Å². The summed E-state index contributed by atoms with van der Waals surface area (Å²) in [7, 11) is -2.68. The molecule has 0 aliphatic carbocycles. The molecule has 4 rings (SSSR count). The molecule has 0 saturated carbocycles. The number of carbonyl (C=O) groups excluding carboxylic acids is 1. The molecule has 1 aromatic heterocycles. The van der Waals surface area contributed by atoms with E-state index >= 15 is 0 Å². The lowest BCUT2D eigenvalue weighted by atomic mass is 9.97. The number of hydrogen-bond acceptors (Lipinski definition) is 8. The van der Waals surface area contributed by atoms with Crippen LogP contribution in [0.5, 0.6) is 0 Å². The van der Waals surface area contributed by atoms with Crippen LogP contribution in [0.25, 0.3) is 0 Å². The van der Waals surface area contributed by atoms with E-state index in [1.807, 2.05) is 0 Å². The highest BCUT2D eigenvalue weighted by Crippen LogP contribution is 2.39. The van der Waals surface area contributed by atoms with E-state index in [4.69, 9.17) is 8.97 Å².